The number of rotatable bonds is 7. The van der Waals surface area contributed by atoms with Gasteiger partial charge in [-0.15, -0.1) is 0 Å². The second-order valence-corrected chi connectivity index (χ2v) is 8.81. The van der Waals surface area contributed by atoms with Gasteiger partial charge in [0.15, 0.2) is 17.2 Å². The van der Waals surface area contributed by atoms with Crippen LogP contribution < -0.4 is 19.8 Å². The lowest BCUT2D eigenvalue weighted by molar-refractivity contribution is 0.107. The second-order valence-electron chi connectivity index (χ2n) is 8.81. The van der Waals surface area contributed by atoms with E-state index in [1.54, 1.807) is 30.3 Å². The molecule has 0 spiro atoms. The fourth-order valence-electron chi connectivity index (χ4n) is 4.62. The molecule has 0 aliphatic carbocycles. The Balaban J connectivity index is 1.50. The fourth-order valence-corrected chi connectivity index (χ4v) is 4.62. The van der Waals surface area contributed by atoms with Crippen molar-refractivity contribution in [3.63, 3.8) is 0 Å². The number of aryl methyl sites for hydroxylation is 1. The zero-order valence-corrected chi connectivity index (χ0v) is 20.8. The SMILES string of the molecule is CCn1cc(OC(=O)N(C)C2CCN(Cc3ccccc3)CC2)c2cc(OC)c(OC)cc2c1=O. The van der Waals surface area contributed by atoms with Gasteiger partial charge in [0.2, 0.25) is 0 Å². The van der Waals surface area contributed by atoms with Crippen molar-refractivity contribution in [2.45, 2.75) is 38.9 Å². The van der Waals surface area contributed by atoms with Gasteiger partial charge in [-0.3, -0.25) is 9.69 Å². The summed E-state index contributed by atoms with van der Waals surface area (Å²) in [4.78, 5) is 30.1. The van der Waals surface area contributed by atoms with Crippen LogP contribution in [0.25, 0.3) is 10.8 Å². The Morgan fingerprint density at radius 3 is 2.23 bits per heavy atom. The molecule has 1 fully saturated rings. The number of benzene rings is 2. The van der Waals surface area contributed by atoms with Crippen LogP contribution in [0.5, 0.6) is 17.2 Å². The Kier molecular flexibility index (Phi) is 7.60. The normalized spacial score (nSPS) is 14.6. The third-order valence-electron chi connectivity index (χ3n) is 6.73. The largest absolute Gasteiger partial charge is 0.493 e. The molecule has 35 heavy (non-hydrogen) atoms. The van der Waals surface area contributed by atoms with Crippen LogP contribution in [0.2, 0.25) is 0 Å². The van der Waals surface area contributed by atoms with Crippen molar-refractivity contribution < 1.29 is 19.0 Å². The highest BCUT2D eigenvalue weighted by Crippen LogP contribution is 2.35. The molecule has 0 radical (unpaired) electrons. The summed E-state index contributed by atoms with van der Waals surface area (Å²) in [6.45, 7) is 5.06. The van der Waals surface area contributed by atoms with Crippen LogP contribution in [-0.4, -0.2) is 60.9 Å². The first-order valence-electron chi connectivity index (χ1n) is 11.9. The van der Waals surface area contributed by atoms with Gasteiger partial charge in [-0.25, -0.2) is 4.79 Å². The maximum absolute atomic E-state index is 13.1. The summed E-state index contributed by atoms with van der Waals surface area (Å²) in [5.41, 5.74) is 1.12. The molecule has 186 valence electrons. The molecule has 1 aliphatic heterocycles. The molecule has 2 aromatic carbocycles. The second kappa shape index (κ2) is 10.8. The van der Waals surface area contributed by atoms with E-state index in [1.807, 2.05) is 13.0 Å². The lowest BCUT2D eigenvalue weighted by Gasteiger charge is -2.36. The Labute approximate surface area is 205 Å². The molecule has 3 aromatic rings. The molecule has 0 atom stereocenters. The number of amides is 1. The Bertz CT molecular complexity index is 1230. The maximum atomic E-state index is 13.1. The summed E-state index contributed by atoms with van der Waals surface area (Å²) >= 11 is 0. The van der Waals surface area contributed by atoms with E-state index in [2.05, 4.69) is 29.2 Å². The van der Waals surface area contributed by atoms with Crippen molar-refractivity contribution in [1.82, 2.24) is 14.4 Å². The average Bonchev–Trinajstić information content (AvgIpc) is 2.90. The Hall–Kier alpha value is -3.52. The zero-order chi connectivity index (χ0) is 24.9. The van der Waals surface area contributed by atoms with Gasteiger partial charge in [-0.1, -0.05) is 30.3 Å². The molecule has 1 aliphatic rings. The standard InChI is InChI=1S/C27H33N3O5/c1-5-30-18-25(21-15-23(33-3)24(34-4)16-22(21)26(30)31)35-27(32)28(2)20-11-13-29(14-12-20)17-19-9-7-6-8-10-19/h6-10,15-16,18,20H,5,11-14,17H2,1-4H3. The van der Waals surface area contributed by atoms with E-state index in [1.165, 1.54) is 24.4 Å². The van der Waals surface area contributed by atoms with E-state index in [4.69, 9.17) is 14.2 Å². The zero-order valence-electron chi connectivity index (χ0n) is 20.8. The van der Waals surface area contributed by atoms with Gasteiger partial charge < -0.3 is 23.7 Å². The third-order valence-corrected chi connectivity index (χ3v) is 6.73. The van der Waals surface area contributed by atoms with E-state index in [0.717, 1.165) is 32.5 Å². The molecule has 0 unspecified atom stereocenters. The minimum atomic E-state index is -0.441. The number of fused-ring (bicyclic) bond motifs is 1. The smallest absolute Gasteiger partial charge is 0.415 e. The number of pyridine rings is 1. The summed E-state index contributed by atoms with van der Waals surface area (Å²) in [5.74, 6) is 1.23. The highest BCUT2D eigenvalue weighted by Gasteiger charge is 2.27. The number of nitrogens with zero attached hydrogens (tertiary/aromatic N) is 3. The van der Waals surface area contributed by atoms with Gasteiger partial charge in [-0.2, -0.15) is 0 Å². The van der Waals surface area contributed by atoms with E-state index in [9.17, 15) is 9.59 Å². The summed E-state index contributed by atoms with van der Waals surface area (Å²) in [6, 6.07) is 13.8. The summed E-state index contributed by atoms with van der Waals surface area (Å²) < 4.78 is 18.2. The first-order valence-corrected chi connectivity index (χ1v) is 11.9. The predicted molar refractivity (Wildman–Crippen MR) is 136 cm³/mol. The van der Waals surface area contributed by atoms with Crippen LogP contribution in [0, 0.1) is 0 Å². The number of hydrogen-bond acceptors (Lipinski definition) is 6. The molecule has 0 bridgehead atoms. The van der Waals surface area contributed by atoms with Gasteiger partial charge in [-0.05, 0) is 37.5 Å². The van der Waals surface area contributed by atoms with Crippen molar-refractivity contribution in [3.05, 3.63) is 64.6 Å². The van der Waals surface area contributed by atoms with Gasteiger partial charge in [0.05, 0.1) is 25.8 Å². The summed E-state index contributed by atoms with van der Waals surface area (Å²) in [5, 5.41) is 0.920. The van der Waals surface area contributed by atoms with Crippen LogP contribution in [0.15, 0.2) is 53.5 Å². The molecule has 1 amide bonds. The first kappa shape index (κ1) is 24.6. The molecule has 4 rings (SSSR count). The maximum Gasteiger partial charge on any atom is 0.415 e. The number of ether oxygens (including phenoxy) is 3. The number of carbonyl (C=O) groups excluding carboxylic acids is 1. The number of carbonyl (C=O) groups is 1. The van der Waals surface area contributed by atoms with Crippen LogP contribution in [-0.2, 0) is 13.1 Å². The molecule has 1 saturated heterocycles. The van der Waals surface area contributed by atoms with Gasteiger partial charge in [0.25, 0.3) is 5.56 Å². The monoisotopic (exact) mass is 479 g/mol. The molecule has 8 nitrogen and oxygen atoms in total. The quantitative estimate of drug-likeness (QED) is 0.507. The molecule has 0 saturated carbocycles. The number of aromatic nitrogens is 1. The van der Waals surface area contributed by atoms with Crippen LogP contribution >= 0.6 is 0 Å². The van der Waals surface area contributed by atoms with Crippen LogP contribution in [0.3, 0.4) is 0 Å². The molecule has 8 heteroatoms. The minimum absolute atomic E-state index is 0.0903. The fraction of sp³-hybridized carbons (Fsp3) is 0.407. The summed E-state index contributed by atoms with van der Waals surface area (Å²) in [6.07, 6.45) is 2.89. The van der Waals surface area contributed by atoms with E-state index in [-0.39, 0.29) is 11.6 Å². The van der Waals surface area contributed by atoms with E-state index in [0.29, 0.717) is 34.6 Å². The first-order chi connectivity index (χ1) is 16.9. The van der Waals surface area contributed by atoms with Crippen LogP contribution in [0.4, 0.5) is 4.79 Å². The van der Waals surface area contributed by atoms with Crippen molar-refractivity contribution in [2.24, 2.45) is 0 Å². The topological polar surface area (TPSA) is 73.2 Å². The Morgan fingerprint density at radius 2 is 1.63 bits per heavy atom. The lowest BCUT2D eigenvalue weighted by Crippen LogP contribution is -2.46. The summed E-state index contributed by atoms with van der Waals surface area (Å²) in [7, 11) is 4.83. The Morgan fingerprint density at radius 1 is 1.00 bits per heavy atom. The number of likely N-dealkylation sites (tertiary alicyclic amines) is 1. The van der Waals surface area contributed by atoms with Crippen molar-refractivity contribution in [3.8, 4) is 17.2 Å². The average molecular weight is 480 g/mol. The number of hydrogen-bond donors (Lipinski definition) is 0. The predicted octanol–water partition coefficient (Wildman–Crippen LogP) is 4.13. The third kappa shape index (κ3) is 5.27. The van der Waals surface area contributed by atoms with Crippen molar-refractivity contribution in [2.75, 3.05) is 34.4 Å². The molecular weight excluding hydrogens is 446 g/mol. The van der Waals surface area contributed by atoms with Crippen molar-refractivity contribution in [1.29, 1.82) is 0 Å². The molecule has 2 heterocycles. The van der Waals surface area contributed by atoms with E-state index < -0.39 is 6.09 Å². The van der Waals surface area contributed by atoms with E-state index >= 15 is 0 Å². The van der Waals surface area contributed by atoms with Gasteiger partial charge >= 0.3 is 6.09 Å². The van der Waals surface area contributed by atoms with Gasteiger partial charge in [0.1, 0.15) is 0 Å². The molecule has 1 aromatic heterocycles. The molecular formula is C27H33N3O5. The highest BCUT2D eigenvalue weighted by atomic mass is 16.6. The molecule has 0 N–H and O–H groups in total. The minimum Gasteiger partial charge on any atom is -0.493 e. The highest BCUT2D eigenvalue weighted by molar-refractivity contribution is 5.92. The van der Waals surface area contributed by atoms with Crippen molar-refractivity contribution >= 4 is 16.9 Å². The number of piperidine rings is 1. The number of methoxy groups -OCH3 is 2. The van der Waals surface area contributed by atoms with Crippen LogP contribution in [0.1, 0.15) is 25.3 Å². The van der Waals surface area contributed by atoms with Gasteiger partial charge in [0, 0.05) is 44.7 Å². The lowest BCUT2D eigenvalue weighted by atomic mass is 10.0.